The quantitative estimate of drug-likeness (QED) is 0.718. The molecule has 13 heavy (non-hydrogen) atoms. The Balaban J connectivity index is 2.61. The summed E-state index contributed by atoms with van der Waals surface area (Å²) in [6.45, 7) is 4.43. The van der Waals surface area contributed by atoms with E-state index < -0.39 is 11.0 Å². The molecule has 1 rings (SSSR count). The summed E-state index contributed by atoms with van der Waals surface area (Å²) in [4.78, 5) is 0. The summed E-state index contributed by atoms with van der Waals surface area (Å²) < 4.78 is 5.18. The molecule has 1 saturated carbocycles. The first-order chi connectivity index (χ1) is 6.08. The smallest absolute Gasteiger partial charge is 0.104 e. The third-order valence-electron chi connectivity index (χ3n) is 3.04. The lowest BCUT2D eigenvalue weighted by Gasteiger charge is -2.46. The predicted molar refractivity (Wildman–Crippen MR) is 49.0 cm³/mol. The molecule has 3 nitrogen and oxygen atoms in total. The molecule has 1 atom stereocenters. The zero-order valence-corrected chi connectivity index (χ0v) is 8.34. The summed E-state index contributed by atoms with van der Waals surface area (Å²) in [5.74, 6) is 0. The van der Waals surface area contributed by atoms with Crippen molar-refractivity contribution >= 4 is 0 Å². The minimum Gasteiger partial charge on any atom is -0.386 e. The highest BCUT2D eigenvalue weighted by Crippen LogP contribution is 2.48. The standard InChI is InChI=1S/C10H17NO2/c1-3-13-8-9(2,12)10(7-11)5-4-6-10/h12H,3-6,8H2,1-2H3. The first-order valence-electron chi connectivity index (χ1n) is 4.79. The molecule has 1 unspecified atom stereocenters. The summed E-state index contributed by atoms with van der Waals surface area (Å²) in [6.07, 6.45) is 2.63. The van der Waals surface area contributed by atoms with Gasteiger partial charge in [0.25, 0.3) is 0 Å². The molecule has 0 heterocycles. The number of nitrogens with zero attached hydrogens (tertiary/aromatic N) is 1. The number of hydrogen-bond donors (Lipinski definition) is 1. The Labute approximate surface area is 79.3 Å². The average Bonchev–Trinajstić information content (AvgIpc) is 1.99. The van der Waals surface area contributed by atoms with Crippen LogP contribution in [-0.2, 0) is 4.74 Å². The van der Waals surface area contributed by atoms with Crippen molar-refractivity contribution in [3.63, 3.8) is 0 Å². The van der Waals surface area contributed by atoms with E-state index in [1.54, 1.807) is 6.92 Å². The second-order valence-corrected chi connectivity index (χ2v) is 3.96. The second-order valence-electron chi connectivity index (χ2n) is 3.96. The van der Waals surface area contributed by atoms with E-state index in [9.17, 15) is 5.11 Å². The summed E-state index contributed by atoms with van der Waals surface area (Å²) >= 11 is 0. The van der Waals surface area contributed by atoms with Crippen LogP contribution in [0.5, 0.6) is 0 Å². The predicted octanol–water partition coefficient (Wildman–Crippen LogP) is 1.47. The van der Waals surface area contributed by atoms with Gasteiger partial charge in [-0.25, -0.2) is 0 Å². The maximum absolute atomic E-state index is 10.1. The van der Waals surface area contributed by atoms with Gasteiger partial charge in [-0.15, -0.1) is 0 Å². The molecule has 0 saturated heterocycles. The highest BCUT2D eigenvalue weighted by molar-refractivity contribution is 5.14. The Bertz CT molecular complexity index is 213. The maximum atomic E-state index is 10.1. The van der Waals surface area contributed by atoms with Gasteiger partial charge in [0.2, 0.25) is 0 Å². The number of rotatable bonds is 4. The molecule has 1 fully saturated rings. The third-order valence-corrected chi connectivity index (χ3v) is 3.04. The first-order valence-corrected chi connectivity index (χ1v) is 4.79. The zero-order chi connectivity index (χ0) is 9.95. The molecule has 0 aromatic carbocycles. The highest BCUT2D eigenvalue weighted by atomic mass is 16.5. The summed E-state index contributed by atoms with van der Waals surface area (Å²) in [7, 11) is 0. The molecular formula is C10H17NO2. The van der Waals surface area contributed by atoms with Gasteiger partial charge in [0.15, 0.2) is 0 Å². The lowest BCUT2D eigenvalue weighted by atomic mass is 9.60. The molecular weight excluding hydrogens is 166 g/mol. The van der Waals surface area contributed by atoms with Crippen LogP contribution >= 0.6 is 0 Å². The minimum absolute atomic E-state index is 0.261. The molecule has 1 aliphatic rings. The second kappa shape index (κ2) is 3.65. The van der Waals surface area contributed by atoms with Gasteiger partial charge in [-0.2, -0.15) is 5.26 Å². The van der Waals surface area contributed by atoms with E-state index >= 15 is 0 Å². The van der Waals surface area contributed by atoms with Crippen molar-refractivity contribution in [1.29, 1.82) is 5.26 Å². The summed E-state index contributed by atoms with van der Waals surface area (Å²) in [5, 5.41) is 19.1. The summed E-state index contributed by atoms with van der Waals surface area (Å²) in [6, 6.07) is 2.23. The fourth-order valence-corrected chi connectivity index (χ4v) is 1.74. The van der Waals surface area contributed by atoms with Gasteiger partial charge in [-0.05, 0) is 26.7 Å². The SMILES string of the molecule is CCOCC(C)(O)C1(C#N)CCC1. The van der Waals surface area contributed by atoms with Gasteiger partial charge < -0.3 is 9.84 Å². The van der Waals surface area contributed by atoms with E-state index in [1.165, 1.54) is 0 Å². The van der Waals surface area contributed by atoms with Crippen molar-refractivity contribution in [3.05, 3.63) is 0 Å². The van der Waals surface area contributed by atoms with Crippen LogP contribution in [0.2, 0.25) is 0 Å². The number of aliphatic hydroxyl groups is 1. The molecule has 74 valence electrons. The van der Waals surface area contributed by atoms with Crippen molar-refractivity contribution < 1.29 is 9.84 Å². The number of nitriles is 1. The Morgan fingerprint density at radius 2 is 2.23 bits per heavy atom. The van der Waals surface area contributed by atoms with Gasteiger partial charge in [0, 0.05) is 6.61 Å². The fourth-order valence-electron chi connectivity index (χ4n) is 1.74. The average molecular weight is 183 g/mol. The van der Waals surface area contributed by atoms with Gasteiger partial charge in [-0.3, -0.25) is 0 Å². The van der Waals surface area contributed by atoms with Crippen LogP contribution in [0.1, 0.15) is 33.1 Å². The zero-order valence-electron chi connectivity index (χ0n) is 8.34. The molecule has 0 amide bonds. The fraction of sp³-hybridized carbons (Fsp3) is 0.900. The van der Waals surface area contributed by atoms with Crippen molar-refractivity contribution in [2.75, 3.05) is 13.2 Å². The molecule has 1 N–H and O–H groups in total. The van der Waals surface area contributed by atoms with E-state index in [1.807, 2.05) is 6.92 Å². The molecule has 3 heteroatoms. The van der Waals surface area contributed by atoms with Crippen LogP contribution in [-0.4, -0.2) is 23.9 Å². The van der Waals surface area contributed by atoms with Crippen molar-refractivity contribution in [3.8, 4) is 6.07 Å². The first kappa shape index (κ1) is 10.5. The minimum atomic E-state index is -0.990. The van der Waals surface area contributed by atoms with Crippen LogP contribution < -0.4 is 0 Å². The monoisotopic (exact) mass is 183 g/mol. The third kappa shape index (κ3) is 1.70. The van der Waals surface area contributed by atoms with E-state index in [0.717, 1.165) is 19.3 Å². The normalized spacial score (nSPS) is 24.2. The van der Waals surface area contributed by atoms with Crippen LogP contribution in [0.25, 0.3) is 0 Å². The Morgan fingerprint density at radius 3 is 2.54 bits per heavy atom. The van der Waals surface area contributed by atoms with Crippen LogP contribution in [0.3, 0.4) is 0 Å². The number of hydrogen-bond acceptors (Lipinski definition) is 3. The van der Waals surface area contributed by atoms with E-state index in [-0.39, 0.29) is 6.61 Å². The van der Waals surface area contributed by atoms with Crippen molar-refractivity contribution in [2.24, 2.45) is 5.41 Å². The summed E-state index contributed by atoms with van der Waals surface area (Å²) in [5.41, 5.74) is -1.54. The van der Waals surface area contributed by atoms with Crippen molar-refractivity contribution in [1.82, 2.24) is 0 Å². The number of ether oxygens (including phenoxy) is 1. The molecule has 0 radical (unpaired) electrons. The molecule has 0 aliphatic heterocycles. The van der Waals surface area contributed by atoms with Crippen LogP contribution in [0, 0.1) is 16.7 Å². The van der Waals surface area contributed by atoms with E-state index in [0.29, 0.717) is 6.61 Å². The van der Waals surface area contributed by atoms with Gasteiger partial charge >= 0.3 is 0 Å². The Kier molecular flexibility index (Phi) is 2.94. The van der Waals surface area contributed by atoms with E-state index in [2.05, 4.69) is 6.07 Å². The Morgan fingerprint density at radius 1 is 1.62 bits per heavy atom. The maximum Gasteiger partial charge on any atom is 0.104 e. The largest absolute Gasteiger partial charge is 0.386 e. The van der Waals surface area contributed by atoms with E-state index in [4.69, 9.17) is 10.00 Å². The molecule has 1 aliphatic carbocycles. The van der Waals surface area contributed by atoms with Gasteiger partial charge in [-0.1, -0.05) is 6.42 Å². The molecule has 0 aromatic rings. The lowest BCUT2D eigenvalue weighted by molar-refractivity contribution is -0.124. The van der Waals surface area contributed by atoms with Gasteiger partial charge in [0.05, 0.1) is 18.1 Å². The van der Waals surface area contributed by atoms with Crippen LogP contribution in [0.15, 0.2) is 0 Å². The highest BCUT2D eigenvalue weighted by Gasteiger charge is 2.52. The van der Waals surface area contributed by atoms with Crippen LogP contribution in [0.4, 0.5) is 0 Å². The molecule has 0 spiro atoms. The van der Waals surface area contributed by atoms with Gasteiger partial charge in [0.1, 0.15) is 5.60 Å². The molecule has 0 aromatic heterocycles. The lowest BCUT2D eigenvalue weighted by Crippen LogP contribution is -2.52. The molecule has 0 bridgehead atoms. The Hall–Kier alpha value is -0.590. The van der Waals surface area contributed by atoms with Crippen molar-refractivity contribution in [2.45, 2.75) is 38.7 Å². The topological polar surface area (TPSA) is 53.2 Å².